The minimum absolute atomic E-state index is 0.188. The highest BCUT2D eigenvalue weighted by atomic mass is 16.5. The summed E-state index contributed by atoms with van der Waals surface area (Å²) in [5.41, 5.74) is 1.05. The second-order valence-corrected chi connectivity index (χ2v) is 6.31. The lowest BCUT2D eigenvalue weighted by atomic mass is 9.92. The van der Waals surface area contributed by atoms with Crippen LogP contribution in [-0.4, -0.2) is 42.7 Å². The van der Waals surface area contributed by atoms with Gasteiger partial charge in [0.2, 0.25) is 0 Å². The van der Waals surface area contributed by atoms with E-state index >= 15 is 0 Å². The number of carboxylic acid groups (broad SMARTS) is 1. The van der Waals surface area contributed by atoms with E-state index in [1.165, 1.54) is 12.8 Å². The molecule has 3 rings (SSSR count). The van der Waals surface area contributed by atoms with E-state index in [0.717, 1.165) is 24.4 Å². The summed E-state index contributed by atoms with van der Waals surface area (Å²) in [5.74, 6) is 1.03. The summed E-state index contributed by atoms with van der Waals surface area (Å²) >= 11 is 0. The van der Waals surface area contributed by atoms with Crippen molar-refractivity contribution >= 4 is 12.0 Å². The van der Waals surface area contributed by atoms with Crippen LogP contribution in [-0.2, 0) is 4.79 Å². The van der Waals surface area contributed by atoms with Gasteiger partial charge in [0, 0.05) is 25.2 Å². The molecule has 1 aliphatic carbocycles. The molecule has 1 aromatic carbocycles. The second kappa shape index (κ2) is 6.53. The van der Waals surface area contributed by atoms with Crippen molar-refractivity contribution in [2.45, 2.75) is 12.8 Å². The van der Waals surface area contributed by atoms with Gasteiger partial charge < -0.3 is 9.84 Å². The van der Waals surface area contributed by atoms with Crippen LogP contribution in [0.25, 0.3) is 6.08 Å². The first-order chi connectivity index (χ1) is 10.7. The lowest BCUT2D eigenvalue weighted by Crippen LogP contribution is -2.24. The van der Waals surface area contributed by atoms with E-state index in [1.54, 1.807) is 7.11 Å². The molecular formula is C18H23NO3. The van der Waals surface area contributed by atoms with Crippen LogP contribution >= 0.6 is 0 Å². The summed E-state index contributed by atoms with van der Waals surface area (Å²) < 4.78 is 5.33. The maximum absolute atomic E-state index is 11.4. The molecular weight excluding hydrogens is 278 g/mol. The SMILES string of the molecule is COc1ccccc1/C=C/CN1C[C@H](C(=O)O)[C@@H](C2CC2)C1. The molecule has 1 aromatic rings. The zero-order chi connectivity index (χ0) is 15.5. The normalized spacial score (nSPS) is 25.7. The number of methoxy groups -OCH3 is 1. The number of ether oxygens (including phenoxy) is 1. The molecule has 22 heavy (non-hydrogen) atoms. The van der Waals surface area contributed by atoms with Crippen LogP contribution in [0.4, 0.5) is 0 Å². The van der Waals surface area contributed by atoms with Crippen molar-refractivity contribution in [3.63, 3.8) is 0 Å². The first kappa shape index (κ1) is 15.1. The predicted molar refractivity (Wildman–Crippen MR) is 85.8 cm³/mol. The lowest BCUT2D eigenvalue weighted by Gasteiger charge is -2.13. The van der Waals surface area contributed by atoms with Gasteiger partial charge in [-0.05, 0) is 30.7 Å². The van der Waals surface area contributed by atoms with Gasteiger partial charge in [0.05, 0.1) is 13.0 Å². The molecule has 0 spiro atoms. The summed E-state index contributed by atoms with van der Waals surface area (Å²) in [6.07, 6.45) is 6.57. The average molecular weight is 301 g/mol. The van der Waals surface area contributed by atoms with Crippen LogP contribution in [0.15, 0.2) is 30.3 Å². The standard InChI is InChI=1S/C18H23NO3/c1-22-17-7-3-2-5-14(17)6-4-10-19-11-15(13-8-9-13)16(12-19)18(20)21/h2-7,13,15-16H,8-12H2,1H3,(H,20,21)/b6-4+/t15-,16+/m1/s1. The van der Waals surface area contributed by atoms with Gasteiger partial charge in [0.1, 0.15) is 5.75 Å². The first-order valence-corrected chi connectivity index (χ1v) is 7.93. The molecule has 4 heteroatoms. The van der Waals surface area contributed by atoms with Gasteiger partial charge in [0.25, 0.3) is 0 Å². The maximum Gasteiger partial charge on any atom is 0.308 e. The summed E-state index contributed by atoms with van der Waals surface area (Å²) in [6, 6.07) is 7.90. The van der Waals surface area contributed by atoms with E-state index in [2.05, 4.69) is 17.1 Å². The van der Waals surface area contributed by atoms with Gasteiger partial charge in [-0.1, -0.05) is 30.4 Å². The van der Waals surface area contributed by atoms with Crippen molar-refractivity contribution in [1.82, 2.24) is 4.90 Å². The van der Waals surface area contributed by atoms with Gasteiger partial charge in [-0.3, -0.25) is 9.69 Å². The topological polar surface area (TPSA) is 49.8 Å². The van der Waals surface area contributed by atoms with Gasteiger partial charge >= 0.3 is 5.97 Å². The number of benzene rings is 1. The summed E-state index contributed by atoms with van der Waals surface area (Å²) in [4.78, 5) is 13.7. The quantitative estimate of drug-likeness (QED) is 0.878. The Bertz CT molecular complexity index is 565. The number of nitrogens with zero attached hydrogens (tertiary/aromatic N) is 1. The van der Waals surface area contributed by atoms with Gasteiger partial charge in [0.15, 0.2) is 0 Å². The predicted octanol–water partition coefficient (Wildman–Crippen LogP) is 2.75. The van der Waals surface area contributed by atoms with Gasteiger partial charge in [-0.2, -0.15) is 0 Å². The molecule has 1 saturated heterocycles. The fourth-order valence-electron chi connectivity index (χ4n) is 3.46. The van der Waals surface area contributed by atoms with Crippen molar-refractivity contribution < 1.29 is 14.6 Å². The molecule has 0 bridgehead atoms. The van der Waals surface area contributed by atoms with Crippen LogP contribution in [0.1, 0.15) is 18.4 Å². The molecule has 0 aromatic heterocycles. The number of para-hydroxylation sites is 1. The molecule has 2 fully saturated rings. The largest absolute Gasteiger partial charge is 0.496 e. The lowest BCUT2D eigenvalue weighted by molar-refractivity contribution is -0.142. The number of carbonyl (C=O) groups is 1. The van der Waals surface area contributed by atoms with Crippen molar-refractivity contribution in [1.29, 1.82) is 0 Å². The minimum Gasteiger partial charge on any atom is -0.496 e. The summed E-state index contributed by atoms with van der Waals surface area (Å²) in [6.45, 7) is 2.38. The highest BCUT2D eigenvalue weighted by Crippen LogP contribution is 2.44. The zero-order valence-corrected chi connectivity index (χ0v) is 12.9. The molecule has 0 radical (unpaired) electrons. The number of rotatable bonds is 6. The van der Waals surface area contributed by atoms with Crippen molar-refractivity contribution in [2.75, 3.05) is 26.7 Å². The Hall–Kier alpha value is -1.81. The smallest absolute Gasteiger partial charge is 0.308 e. The fourth-order valence-corrected chi connectivity index (χ4v) is 3.46. The first-order valence-electron chi connectivity index (χ1n) is 7.93. The molecule has 1 saturated carbocycles. The van der Waals surface area contributed by atoms with E-state index < -0.39 is 5.97 Å². The number of carboxylic acids is 1. The molecule has 0 unspecified atom stereocenters. The average Bonchev–Trinajstić information content (AvgIpc) is 3.28. The highest BCUT2D eigenvalue weighted by Gasteiger charge is 2.45. The van der Waals surface area contributed by atoms with Gasteiger partial charge in [-0.25, -0.2) is 0 Å². The van der Waals surface area contributed by atoms with Crippen molar-refractivity contribution in [3.8, 4) is 5.75 Å². The van der Waals surface area contributed by atoms with E-state index in [-0.39, 0.29) is 5.92 Å². The Morgan fingerprint density at radius 2 is 2.14 bits per heavy atom. The number of hydrogen-bond acceptors (Lipinski definition) is 3. The van der Waals surface area contributed by atoms with E-state index in [0.29, 0.717) is 18.4 Å². The molecule has 118 valence electrons. The van der Waals surface area contributed by atoms with Crippen LogP contribution in [0.2, 0.25) is 0 Å². The Morgan fingerprint density at radius 1 is 1.36 bits per heavy atom. The molecule has 2 atom stereocenters. The number of hydrogen-bond donors (Lipinski definition) is 1. The molecule has 1 heterocycles. The second-order valence-electron chi connectivity index (χ2n) is 6.31. The maximum atomic E-state index is 11.4. The van der Waals surface area contributed by atoms with Gasteiger partial charge in [-0.15, -0.1) is 0 Å². The monoisotopic (exact) mass is 301 g/mol. The Labute approximate surface area is 131 Å². The Morgan fingerprint density at radius 3 is 2.82 bits per heavy atom. The van der Waals surface area contributed by atoms with Crippen LogP contribution in [0.3, 0.4) is 0 Å². The third-order valence-electron chi connectivity index (χ3n) is 4.79. The summed E-state index contributed by atoms with van der Waals surface area (Å²) in [7, 11) is 1.67. The highest BCUT2D eigenvalue weighted by molar-refractivity contribution is 5.71. The van der Waals surface area contributed by atoms with Crippen LogP contribution < -0.4 is 4.74 Å². The van der Waals surface area contributed by atoms with Crippen molar-refractivity contribution in [2.24, 2.45) is 17.8 Å². The number of likely N-dealkylation sites (tertiary alicyclic amines) is 1. The van der Waals surface area contributed by atoms with E-state index in [1.807, 2.05) is 24.3 Å². The minimum atomic E-state index is -0.631. The Kier molecular flexibility index (Phi) is 4.48. The zero-order valence-electron chi connectivity index (χ0n) is 12.9. The number of aliphatic carboxylic acids is 1. The fraction of sp³-hybridized carbons (Fsp3) is 0.500. The molecule has 0 amide bonds. The Balaban J connectivity index is 1.59. The van der Waals surface area contributed by atoms with E-state index in [4.69, 9.17) is 4.74 Å². The van der Waals surface area contributed by atoms with E-state index in [9.17, 15) is 9.90 Å². The summed E-state index contributed by atoms with van der Waals surface area (Å²) in [5, 5.41) is 9.39. The molecule has 2 aliphatic rings. The third-order valence-corrected chi connectivity index (χ3v) is 4.79. The van der Waals surface area contributed by atoms with Crippen LogP contribution in [0, 0.1) is 17.8 Å². The molecule has 1 N–H and O–H groups in total. The molecule has 4 nitrogen and oxygen atoms in total. The molecule has 1 aliphatic heterocycles. The van der Waals surface area contributed by atoms with Crippen LogP contribution in [0.5, 0.6) is 5.75 Å². The third kappa shape index (κ3) is 3.33. The van der Waals surface area contributed by atoms with Crippen molar-refractivity contribution in [3.05, 3.63) is 35.9 Å².